The highest BCUT2D eigenvalue weighted by Crippen LogP contribution is 2.27. The minimum Gasteiger partial charge on any atom is -0.303 e. The zero-order valence-electron chi connectivity index (χ0n) is 11.6. The van der Waals surface area contributed by atoms with Gasteiger partial charge in [-0.25, -0.2) is 0 Å². The van der Waals surface area contributed by atoms with E-state index in [4.69, 9.17) is 0 Å². The van der Waals surface area contributed by atoms with Crippen LogP contribution in [0.1, 0.15) is 46.5 Å². The smallest absolute Gasteiger partial charge is 0.105 e. The standard InChI is InChI=1S/C14H27N3/c1-4-16-14(3,12-15)9-10-17(5-2)11-13-7-6-8-13/h13,16H,4-11H2,1-3H3. The van der Waals surface area contributed by atoms with Gasteiger partial charge in [-0.3, -0.25) is 5.32 Å². The van der Waals surface area contributed by atoms with Crippen LogP contribution in [0.15, 0.2) is 0 Å². The van der Waals surface area contributed by atoms with Crippen molar-refractivity contribution in [3.8, 4) is 6.07 Å². The Bertz CT molecular complexity index is 255. The Hall–Kier alpha value is -0.590. The molecule has 3 heteroatoms. The van der Waals surface area contributed by atoms with Crippen molar-refractivity contribution in [2.75, 3.05) is 26.2 Å². The van der Waals surface area contributed by atoms with Gasteiger partial charge in [-0.1, -0.05) is 20.3 Å². The number of hydrogen-bond acceptors (Lipinski definition) is 3. The van der Waals surface area contributed by atoms with Crippen molar-refractivity contribution in [2.24, 2.45) is 5.92 Å². The molecule has 0 radical (unpaired) electrons. The first-order valence-electron chi connectivity index (χ1n) is 7.02. The Morgan fingerprint density at radius 1 is 1.41 bits per heavy atom. The lowest BCUT2D eigenvalue weighted by atomic mass is 9.85. The lowest BCUT2D eigenvalue weighted by molar-refractivity contribution is 0.173. The van der Waals surface area contributed by atoms with E-state index in [0.717, 1.165) is 32.0 Å². The van der Waals surface area contributed by atoms with Crippen molar-refractivity contribution >= 4 is 0 Å². The van der Waals surface area contributed by atoms with E-state index in [-0.39, 0.29) is 5.54 Å². The summed E-state index contributed by atoms with van der Waals surface area (Å²) in [4.78, 5) is 2.50. The molecule has 1 rings (SSSR count). The van der Waals surface area contributed by atoms with Crippen LogP contribution >= 0.6 is 0 Å². The fraction of sp³-hybridized carbons (Fsp3) is 0.929. The quantitative estimate of drug-likeness (QED) is 0.704. The highest BCUT2D eigenvalue weighted by molar-refractivity contribution is 5.03. The summed E-state index contributed by atoms with van der Waals surface area (Å²) < 4.78 is 0. The summed E-state index contributed by atoms with van der Waals surface area (Å²) in [6.45, 7) is 10.5. The third-order valence-corrected chi connectivity index (χ3v) is 3.93. The van der Waals surface area contributed by atoms with Crippen LogP contribution in [0, 0.1) is 17.2 Å². The first-order valence-corrected chi connectivity index (χ1v) is 7.02. The van der Waals surface area contributed by atoms with Crippen molar-refractivity contribution in [3.05, 3.63) is 0 Å². The Labute approximate surface area is 106 Å². The van der Waals surface area contributed by atoms with Crippen LogP contribution in [0.4, 0.5) is 0 Å². The van der Waals surface area contributed by atoms with Crippen LogP contribution in [0.5, 0.6) is 0 Å². The maximum absolute atomic E-state index is 9.21. The monoisotopic (exact) mass is 237 g/mol. The molecule has 0 amide bonds. The first kappa shape index (κ1) is 14.5. The average molecular weight is 237 g/mol. The van der Waals surface area contributed by atoms with E-state index >= 15 is 0 Å². The number of nitrogens with zero attached hydrogens (tertiary/aromatic N) is 2. The third kappa shape index (κ3) is 4.65. The van der Waals surface area contributed by atoms with E-state index in [0.29, 0.717) is 0 Å². The topological polar surface area (TPSA) is 39.1 Å². The van der Waals surface area contributed by atoms with Gasteiger partial charge in [-0.2, -0.15) is 5.26 Å². The van der Waals surface area contributed by atoms with Gasteiger partial charge < -0.3 is 4.90 Å². The Kier molecular flexibility index (Phi) is 5.94. The molecule has 17 heavy (non-hydrogen) atoms. The van der Waals surface area contributed by atoms with Crippen molar-refractivity contribution in [1.29, 1.82) is 5.26 Å². The third-order valence-electron chi connectivity index (χ3n) is 3.93. The molecule has 0 aliphatic heterocycles. The van der Waals surface area contributed by atoms with Crippen LogP contribution < -0.4 is 5.32 Å². The van der Waals surface area contributed by atoms with Gasteiger partial charge in [0.05, 0.1) is 6.07 Å². The number of rotatable bonds is 8. The van der Waals surface area contributed by atoms with Gasteiger partial charge >= 0.3 is 0 Å². The van der Waals surface area contributed by atoms with E-state index in [1.807, 2.05) is 6.92 Å². The van der Waals surface area contributed by atoms with E-state index in [1.165, 1.54) is 25.8 Å². The molecule has 98 valence electrons. The van der Waals surface area contributed by atoms with Gasteiger partial charge in [0.1, 0.15) is 5.54 Å². The summed E-state index contributed by atoms with van der Waals surface area (Å²) in [6, 6.07) is 2.40. The summed E-state index contributed by atoms with van der Waals surface area (Å²) in [5.41, 5.74) is -0.359. The van der Waals surface area contributed by atoms with Gasteiger partial charge in [0.15, 0.2) is 0 Å². The Morgan fingerprint density at radius 2 is 2.12 bits per heavy atom. The fourth-order valence-electron chi connectivity index (χ4n) is 2.37. The van der Waals surface area contributed by atoms with E-state index in [2.05, 4.69) is 30.1 Å². The van der Waals surface area contributed by atoms with Crippen LogP contribution in [0.2, 0.25) is 0 Å². The lowest BCUT2D eigenvalue weighted by Gasteiger charge is -2.33. The maximum Gasteiger partial charge on any atom is 0.105 e. The number of nitriles is 1. The van der Waals surface area contributed by atoms with Crippen LogP contribution in [-0.4, -0.2) is 36.6 Å². The lowest BCUT2D eigenvalue weighted by Crippen LogP contribution is -2.44. The highest BCUT2D eigenvalue weighted by atomic mass is 15.1. The van der Waals surface area contributed by atoms with Gasteiger partial charge in [0, 0.05) is 13.1 Å². The molecule has 1 fully saturated rings. The maximum atomic E-state index is 9.21. The summed E-state index contributed by atoms with van der Waals surface area (Å²) in [6.07, 6.45) is 5.13. The predicted molar refractivity (Wildman–Crippen MR) is 71.8 cm³/mol. The van der Waals surface area contributed by atoms with E-state index in [1.54, 1.807) is 0 Å². The van der Waals surface area contributed by atoms with Crippen LogP contribution in [0.25, 0.3) is 0 Å². The SMILES string of the molecule is CCNC(C)(C#N)CCN(CC)CC1CCC1. The Morgan fingerprint density at radius 3 is 2.53 bits per heavy atom. The molecule has 1 atom stereocenters. The highest BCUT2D eigenvalue weighted by Gasteiger charge is 2.25. The molecule has 1 saturated carbocycles. The van der Waals surface area contributed by atoms with Gasteiger partial charge in [-0.15, -0.1) is 0 Å². The molecule has 1 N–H and O–H groups in total. The average Bonchev–Trinajstić information content (AvgIpc) is 2.27. The molecule has 0 heterocycles. The second-order valence-corrected chi connectivity index (χ2v) is 5.41. The first-order chi connectivity index (χ1) is 8.13. The number of nitrogens with one attached hydrogen (secondary N) is 1. The summed E-state index contributed by atoms with van der Waals surface area (Å²) in [7, 11) is 0. The van der Waals surface area contributed by atoms with Crippen molar-refractivity contribution in [2.45, 2.75) is 52.0 Å². The minimum atomic E-state index is -0.359. The van der Waals surface area contributed by atoms with Crippen LogP contribution in [-0.2, 0) is 0 Å². The molecule has 0 aromatic carbocycles. The molecule has 0 saturated heterocycles. The molecule has 0 bridgehead atoms. The molecule has 0 aromatic heterocycles. The molecule has 3 nitrogen and oxygen atoms in total. The van der Waals surface area contributed by atoms with Gasteiger partial charge in [-0.05, 0) is 45.2 Å². The normalized spacial score (nSPS) is 19.7. The predicted octanol–water partition coefficient (Wildman–Crippen LogP) is 2.39. The van der Waals surface area contributed by atoms with Crippen molar-refractivity contribution < 1.29 is 0 Å². The zero-order chi connectivity index (χ0) is 12.7. The molecule has 0 aromatic rings. The second kappa shape index (κ2) is 6.98. The van der Waals surface area contributed by atoms with Crippen molar-refractivity contribution in [3.63, 3.8) is 0 Å². The molecule has 0 spiro atoms. The summed E-state index contributed by atoms with van der Waals surface area (Å²) in [5, 5.41) is 12.5. The molecule has 1 aliphatic rings. The van der Waals surface area contributed by atoms with E-state index < -0.39 is 0 Å². The largest absolute Gasteiger partial charge is 0.303 e. The van der Waals surface area contributed by atoms with E-state index in [9.17, 15) is 5.26 Å². The number of hydrogen-bond donors (Lipinski definition) is 1. The van der Waals surface area contributed by atoms with Gasteiger partial charge in [0.25, 0.3) is 0 Å². The van der Waals surface area contributed by atoms with Crippen LogP contribution in [0.3, 0.4) is 0 Å². The minimum absolute atomic E-state index is 0.359. The molecular weight excluding hydrogens is 210 g/mol. The summed E-state index contributed by atoms with van der Waals surface area (Å²) >= 11 is 0. The molecule has 1 aliphatic carbocycles. The summed E-state index contributed by atoms with van der Waals surface area (Å²) in [5.74, 6) is 0.919. The molecule has 1 unspecified atom stereocenters. The Balaban J connectivity index is 2.32. The van der Waals surface area contributed by atoms with Gasteiger partial charge in [0.2, 0.25) is 0 Å². The fourth-order valence-corrected chi connectivity index (χ4v) is 2.37. The van der Waals surface area contributed by atoms with Crippen molar-refractivity contribution in [1.82, 2.24) is 10.2 Å². The zero-order valence-corrected chi connectivity index (χ0v) is 11.6. The second-order valence-electron chi connectivity index (χ2n) is 5.41. The molecular formula is C14H27N3.